The van der Waals surface area contributed by atoms with Crippen LogP contribution in [0, 0.1) is 0 Å². The number of halogens is 3. The van der Waals surface area contributed by atoms with Crippen LogP contribution < -0.4 is 16.0 Å². The van der Waals surface area contributed by atoms with E-state index in [2.05, 4.69) is 16.0 Å². The van der Waals surface area contributed by atoms with Crippen molar-refractivity contribution >= 4 is 35.2 Å². The molecule has 0 bridgehead atoms. The van der Waals surface area contributed by atoms with E-state index < -0.39 is 34.8 Å². The van der Waals surface area contributed by atoms with Crippen molar-refractivity contribution in [2.24, 2.45) is 0 Å². The second-order valence-electron chi connectivity index (χ2n) is 5.69. The molecule has 3 N–H and O–H groups in total. The summed E-state index contributed by atoms with van der Waals surface area (Å²) in [6, 6.07) is 2.32. The number of benzene rings is 1. The molecular formula is C16H18F3N3O3S. The van der Waals surface area contributed by atoms with E-state index in [0.29, 0.717) is 11.4 Å². The average molecular weight is 389 g/mol. The van der Waals surface area contributed by atoms with Crippen LogP contribution in [0.1, 0.15) is 25.8 Å². The van der Waals surface area contributed by atoms with E-state index in [1.54, 1.807) is 6.92 Å². The van der Waals surface area contributed by atoms with Gasteiger partial charge in [0.25, 0.3) is 0 Å². The van der Waals surface area contributed by atoms with Crippen LogP contribution in [0.4, 0.5) is 18.9 Å². The fourth-order valence-corrected chi connectivity index (χ4v) is 3.41. The van der Waals surface area contributed by atoms with E-state index in [1.165, 1.54) is 13.0 Å². The minimum atomic E-state index is -4.50. The number of anilines is 1. The first-order chi connectivity index (χ1) is 12.1. The Morgan fingerprint density at radius 3 is 2.65 bits per heavy atom. The van der Waals surface area contributed by atoms with Crippen LogP contribution in [-0.4, -0.2) is 35.6 Å². The summed E-state index contributed by atoms with van der Waals surface area (Å²) in [6.45, 7) is 3.69. The molecule has 142 valence electrons. The third kappa shape index (κ3) is 4.90. The second kappa shape index (κ2) is 7.98. The van der Waals surface area contributed by atoms with Gasteiger partial charge in [-0.3, -0.25) is 14.4 Å². The second-order valence-corrected chi connectivity index (χ2v) is 6.94. The third-order valence-electron chi connectivity index (χ3n) is 3.62. The van der Waals surface area contributed by atoms with Gasteiger partial charge >= 0.3 is 6.18 Å². The molecule has 2 atom stereocenters. The molecule has 0 aromatic heterocycles. The lowest BCUT2D eigenvalue weighted by Gasteiger charge is -2.25. The largest absolute Gasteiger partial charge is 0.416 e. The number of hydrogen-bond acceptors (Lipinski definition) is 4. The summed E-state index contributed by atoms with van der Waals surface area (Å²) in [6.07, 6.45) is -4.70. The van der Waals surface area contributed by atoms with E-state index in [-0.39, 0.29) is 18.0 Å². The van der Waals surface area contributed by atoms with Gasteiger partial charge in [0.05, 0.1) is 16.5 Å². The van der Waals surface area contributed by atoms with Crippen molar-refractivity contribution in [2.75, 3.05) is 11.9 Å². The molecule has 10 heteroatoms. The van der Waals surface area contributed by atoms with Crippen LogP contribution in [0.2, 0.25) is 0 Å². The van der Waals surface area contributed by atoms with Crippen LogP contribution in [0.3, 0.4) is 0 Å². The molecule has 0 radical (unpaired) electrons. The van der Waals surface area contributed by atoms with Gasteiger partial charge < -0.3 is 16.0 Å². The Kier molecular flexibility index (Phi) is 6.17. The molecule has 0 spiro atoms. The van der Waals surface area contributed by atoms with Crippen LogP contribution in [-0.2, 0) is 20.6 Å². The number of carbonyl (C=O) groups is 3. The predicted octanol–water partition coefficient (Wildman–Crippen LogP) is 2.15. The topological polar surface area (TPSA) is 87.3 Å². The number of hydrogen-bond donors (Lipinski definition) is 3. The normalized spacial score (nSPS) is 17.7. The van der Waals surface area contributed by atoms with Crippen molar-refractivity contribution in [3.63, 3.8) is 0 Å². The zero-order valence-electron chi connectivity index (χ0n) is 14.1. The SMILES string of the molecule is CCNC(=O)[C@H](C)NC(=O)C[C@@H]1Sc2ccc(C(F)(F)F)cc2NC1=O. The van der Waals surface area contributed by atoms with Crippen LogP contribution in [0.25, 0.3) is 0 Å². The highest BCUT2D eigenvalue weighted by atomic mass is 32.2. The minimum Gasteiger partial charge on any atom is -0.355 e. The first kappa shape index (κ1) is 20.1. The van der Waals surface area contributed by atoms with Crippen molar-refractivity contribution in [1.29, 1.82) is 0 Å². The van der Waals surface area contributed by atoms with E-state index in [9.17, 15) is 27.6 Å². The lowest BCUT2D eigenvalue weighted by atomic mass is 10.1. The summed E-state index contributed by atoms with van der Waals surface area (Å²) in [5.41, 5.74) is -0.786. The molecule has 0 unspecified atom stereocenters. The van der Waals surface area contributed by atoms with Crippen LogP contribution >= 0.6 is 11.8 Å². The monoisotopic (exact) mass is 389 g/mol. The molecule has 0 fully saturated rings. The van der Waals surface area contributed by atoms with Crippen LogP contribution in [0.5, 0.6) is 0 Å². The number of nitrogens with one attached hydrogen (secondary N) is 3. The highest BCUT2D eigenvalue weighted by Gasteiger charge is 2.34. The Hall–Kier alpha value is -2.23. The highest BCUT2D eigenvalue weighted by Crippen LogP contribution is 2.40. The Morgan fingerprint density at radius 2 is 2.04 bits per heavy atom. The van der Waals surface area contributed by atoms with E-state index in [4.69, 9.17) is 0 Å². The molecule has 0 saturated carbocycles. The van der Waals surface area contributed by atoms with Gasteiger partial charge in [-0.1, -0.05) is 0 Å². The molecule has 0 saturated heterocycles. The number of amides is 3. The van der Waals surface area contributed by atoms with Gasteiger partial charge in [-0.05, 0) is 32.0 Å². The first-order valence-corrected chi connectivity index (χ1v) is 8.75. The van der Waals surface area contributed by atoms with Crippen molar-refractivity contribution in [2.45, 2.75) is 42.6 Å². The van der Waals surface area contributed by atoms with Crippen LogP contribution in [0.15, 0.2) is 23.1 Å². The summed E-state index contributed by atoms with van der Waals surface area (Å²) in [5.74, 6) is -1.39. The molecular weight excluding hydrogens is 371 g/mol. The summed E-state index contributed by atoms with van der Waals surface area (Å²) < 4.78 is 38.2. The Balaban J connectivity index is 2.02. The van der Waals surface area contributed by atoms with Gasteiger partial charge in [-0.2, -0.15) is 13.2 Å². The number of fused-ring (bicyclic) bond motifs is 1. The number of carbonyl (C=O) groups excluding carboxylic acids is 3. The summed E-state index contributed by atoms with van der Waals surface area (Å²) in [4.78, 5) is 36.2. The molecule has 2 rings (SSSR count). The van der Waals surface area contributed by atoms with Gasteiger partial charge in [0, 0.05) is 17.9 Å². The molecule has 3 amide bonds. The number of rotatable bonds is 5. The van der Waals surface area contributed by atoms with Crippen molar-refractivity contribution in [3.05, 3.63) is 23.8 Å². The molecule has 1 heterocycles. The highest BCUT2D eigenvalue weighted by molar-refractivity contribution is 8.01. The lowest BCUT2D eigenvalue weighted by Crippen LogP contribution is -2.46. The maximum Gasteiger partial charge on any atom is 0.416 e. The Morgan fingerprint density at radius 1 is 1.35 bits per heavy atom. The fraction of sp³-hybridized carbons (Fsp3) is 0.438. The molecule has 6 nitrogen and oxygen atoms in total. The zero-order chi connectivity index (χ0) is 19.5. The minimum absolute atomic E-state index is 0.0715. The molecule has 26 heavy (non-hydrogen) atoms. The van der Waals surface area contributed by atoms with Gasteiger partial charge in [-0.15, -0.1) is 11.8 Å². The van der Waals surface area contributed by atoms with Gasteiger partial charge in [0.1, 0.15) is 6.04 Å². The summed E-state index contributed by atoms with van der Waals surface area (Å²) in [5, 5.41) is 6.67. The Labute approximate surface area is 152 Å². The van der Waals surface area contributed by atoms with E-state index in [1.807, 2.05) is 0 Å². The summed E-state index contributed by atoms with van der Waals surface area (Å²) in [7, 11) is 0. The molecule has 1 aliphatic heterocycles. The van der Waals surface area contributed by atoms with Crippen molar-refractivity contribution in [3.8, 4) is 0 Å². The maximum atomic E-state index is 12.7. The maximum absolute atomic E-state index is 12.7. The Bertz CT molecular complexity index is 724. The zero-order valence-corrected chi connectivity index (χ0v) is 14.9. The number of likely N-dealkylation sites (N-methyl/N-ethyl adjacent to an activating group) is 1. The van der Waals surface area contributed by atoms with Crippen molar-refractivity contribution in [1.82, 2.24) is 10.6 Å². The van der Waals surface area contributed by atoms with Gasteiger partial charge in [0.15, 0.2) is 0 Å². The number of thioether (sulfide) groups is 1. The van der Waals surface area contributed by atoms with Gasteiger partial charge in [0.2, 0.25) is 17.7 Å². The average Bonchev–Trinajstić information content (AvgIpc) is 2.54. The molecule has 1 aliphatic rings. The fourth-order valence-electron chi connectivity index (χ4n) is 2.32. The molecule has 1 aromatic rings. The lowest BCUT2D eigenvalue weighted by molar-refractivity contribution is -0.137. The third-order valence-corrected chi connectivity index (χ3v) is 4.89. The molecule has 0 aliphatic carbocycles. The smallest absolute Gasteiger partial charge is 0.355 e. The standard InChI is InChI=1S/C16H18F3N3O3S/c1-3-20-14(24)8(2)21-13(23)7-12-15(25)22-10-6-9(16(17,18)19)4-5-11(10)26-12/h4-6,8,12H,3,7H2,1-2H3,(H,20,24)(H,21,23)(H,22,25)/t8-,12-/m0/s1. The predicted molar refractivity (Wildman–Crippen MR) is 90.6 cm³/mol. The first-order valence-electron chi connectivity index (χ1n) is 7.87. The number of alkyl halides is 3. The summed E-state index contributed by atoms with van der Waals surface area (Å²) >= 11 is 1.02. The van der Waals surface area contributed by atoms with E-state index in [0.717, 1.165) is 23.9 Å². The van der Waals surface area contributed by atoms with Gasteiger partial charge in [-0.25, -0.2) is 0 Å². The quantitative estimate of drug-likeness (QED) is 0.720. The molecule has 1 aromatic carbocycles. The van der Waals surface area contributed by atoms with E-state index >= 15 is 0 Å². The van der Waals surface area contributed by atoms with Crippen molar-refractivity contribution < 1.29 is 27.6 Å².